The molecule has 4 aromatic rings. The number of aryl methyl sites for hydroxylation is 1. The van der Waals surface area contributed by atoms with Gasteiger partial charge in [0.1, 0.15) is 5.41 Å². The third kappa shape index (κ3) is 5.20. The Bertz CT molecular complexity index is 1920. The summed E-state index contributed by atoms with van der Waals surface area (Å²) in [4.78, 5) is 11.6. The fourth-order valence-electron chi connectivity index (χ4n) is 7.18. The van der Waals surface area contributed by atoms with E-state index >= 15 is 13.2 Å². The maximum Gasteiger partial charge on any atom is 0.402 e. The molecule has 0 spiro atoms. The molecule has 1 atom stereocenters. The van der Waals surface area contributed by atoms with E-state index in [1.54, 1.807) is 25.1 Å². The number of esters is 1. The smallest absolute Gasteiger partial charge is 0.402 e. The fraction of sp³-hybridized carbons (Fsp3) is 0.325. The Hall–Kier alpha value is -4.52. The molecule has 0 N–H and O–H groups in total. The Morgan fingerprint density at radius 3 is 1.85 bits per heavy atom. The number of hydrogen-bond acceptors (Lipinski definition) is 4. The summed E-state index contributed by atoms with van der Waals surface area (Å²) in [5.41, 5.74) is 6.80. The molecule has 47 heavy (non-hydrogen) atoms. The summed E-state index contributed by atoms with van der Waals surface area (Å²) in [5, 5.41) is 0. The lowest BCUT2D eigenvalue weighted by molar-refractivity contribution is -0.172. The Balaban J connectivity index is 1.31. The van der Waals surface area contributed by atoms with E-state index in [-0.39, 0.29) is 28.3 Å². The van der Waals surface area contributed by atoms with Gasteiger partial charge in [-0.05, 0) is 119 Å². The molecule has 2 aliphatic rings. The number of halogens is 3. The zero-order valence-electron chi connectivity index (χ0n) is 27.7. The Morgan fingerprint density at radius 2 is 1.26 bits per heavy atom. The van der Waals surface area contributed by atoms with Crippen LogP contribution in [0.1, 0.15) is 68.4 Å². The van der Waals surface area contributed by atoms with Crippen molar-refractivity contribution < 1.29 is 32.2 Å². The summed E-state index contributed by atoms with van der Waals surface area (Å²) in [5.74, 6) is 0.296. The van der Waals surface area contributed by atoms with Crippen molar-refractivity contribution in [3.8, 4) is 44.9 Å². The van der Waals surface area contributed by atoms with Gasteiger partial charge in [-0.15, -0.1) is 0 Å². The molecule has 0 amide bonds. The molecular formula is C40H39F3O4. The van der Waals surface area contributed by atoms with Crippen molar-refractivity contribution in [1.82, 2.24) is 0 Å². The van der Waals surface area contributed by atoms with Crippen LogP contribution in [0, 0.1) is 0 Å². The van der Waals surface area contributed by atoms with Crippen LogP contribution in [0.2, 0.25) is 0 Å². The molecule has 0 radical (unpaired) electrons. The minimum Gasteiger partial charge on any atom is -0.493 e. The van der Waals surface area contributed by atoms with Gasteiger partial charge in [-0.1, -0.05) is 62.9 Å². The number of fused-ring (bicyclic) bond motifs is 6. The summed E-state index contributed by atoms with van der Waals surface area (Å²) in [6.45, 7) is 11.3. The number of methoxy groups -OCH3 is 2. The van der Waals surface area contributed by atoms with E-state index in [1.165, 1.54) is 43.9 Å². The van der Waals surface area contributed by atoms with Crippen molar-refractivity contribution in [2.75, 3.05) is 20.8 Å². The lowest BCUT2D eigenvalue weighted by atomic mass is 9.78. The van der Waals surface area contributed by atoms with Crippen LogP contribution >= 0.6 is 0 Å². The minimum absolute atomic E-state index is 0.156. The van der Waals surface area contributed by atoms with Crippen LogP contribution in [0.25, 0.3) is 33.4 Å². The monoisotopic (exact) mass is 640 g/mol. The van der Waals surface area contributed by atoms with Gasteiger partial charge in [-0.25, -0.2) is 4.79 Å². The first-order chi connectivity index (χ1) is 22.2. The average Bonchev–Trinajstić information content (AvgIpc) is 3.43. The highest BCUT2D eigenvalue weighted by molar-refractivity contribution is 5.88. The van der Waals surface area contributed by atoms with Crippen molar-refractivity contribution in [2.45, 2.75) is 64.0 Å². The minimum atomic E-state index is -4.54. The summed E-state index contributed by atoms with van der Waals surface area (Å²) >= 11 is 0. The normalized spacial score (nSPS) is 17.0. The first-order valence-corrected chi connectivity index (χ1v) is 15.8. The molecule has 0 heterocycles. The van der Waals surface area contributed by atoms with E-state index in [9.17, 15) is 4.79 Å². The zero-order chi connectivity index (χ0) is 33.9. The Kier molecular flexibility index (Phi) is 8.02. The van der Waals surface area contributed by atoms with Gasteiger partial charge in [0, 0.05) is 11.0 Å². The standard InChI is InChI=1S/C40H39F3O4/c1-23(2)37(44)47-17-9-8-10-24-11-14-27-28-15-12-25(19-32(28)38(3,4)31(27)18-24)26-13-16-29-30-21-35(45-6)36(46-7)22-34(30)39(5,33(29)20-26)40(41,42)43/h11-16,18-22H,1,8-10,17H2,2-7H3. The predicted octanol–water partition coefficient (Wildman–Crippen LogP) is 9.97. The third-order valence-electron chi connectivity index (χ3n) is 9.99. The SMILES string of the molecule is C=C(C)C(=O)OCCCCc1ccc2c(c1)C(C)(C)c1cc(-c3ccc4c(c3)C(C)(C(F)(F)F)c3cc(OC)c(OC)cc3-4)ccc1-2. The topological polar surface area (TPSA) is 44.8 Å². The number of ether oxygens (including phenoxy) is 3. The first-order valence-electron chi connectivity index (χ1n) is 15.8. The average molecular weight is 641 g/mol. The van der Waals surface area contributed by atoms with E-state index in [1.807, 2.05) is 12.1 Å². The number of rotatable bonds is 9. The van der Waals surface area contributed by atoms with Crippen LogP contribution < -0.4 is 9.47 Å². The van der Waals surface area contributed by atoms with Crippen molar-refractivity contribution >= 4 is 5.97 Å². The summed E-state index contributed by atoms with van der Waals surface area (Å²) in [6.07, 6.45) is -2.02. The van der Waals surface area contributed by atoms with Gasteiger partial charge in [-0.3, -0.25) is 0 Å². The second kappa shape index (κ2) is 11.6. The molecule has 244 valence electrons. The molecule has 7 heteroatoms. The van der Waals surface area contributed by atoms with E-state index in [4.69, 9.17) is 14.2 Å². The van der Waals surface area contributed by atoms with Crippen LogP contribution in [0.5, 0.6) is 11.5 Å². The zero-order valence-corrected chi connectivity index (χ0v) is 27.7. The molecule has 4 aromatic carbocycles. The molecule has 0 aliphatic heterocycles. The van der Waals surface area contributed by atoms with Gasteiger partial charge in [0.2, 0.25) is 0 Å². The summed E-state index contributed by atoms with van der Waals surface area (Å²) in [6, 6.07) is 21.3. The molecule has 2 aliphatic carbocycles. The Morgan fingerprint density at radius 1 is 0.723 bits per heavy atom. The summed E-state index contributed by atoms with van der Waals surface area (Å²) in [7, 11) is 2.91. The largest absolute Gasteiger partial charge is 0.493 e. The molecular weight excluding hydrogens is 601 g/mol. The third-order valence-corrected chi connectivity index (χ3v) is 9.99. The van der Waals surface area contributed by atoms with Crippen LogP contribution in [-0.4, -0.2) is 33.0 Å². The van der Waals surface area contributed by atoms with Gasteiger partial charge < -0.3 is 14.2 Å². The highest BCUT2D eigenvalue weighted by Crippen LogP contribution is 2.59. The van der Waals surface area contributed by atoms with Crippen molar-refractivity contribution in [2.24, 2.45) is 0 Å². The number of benzene rings is 4. The molecule has 0 aromatic heterocycles. The molecule has 0 saturated carbocycles. The van der Waals surface area contributed by atoms with Gasteiger partial charge in [0.15, 0.2) is 11.5 Å². The van der Waals surface area contributed by atoms with Gasteiger partial charge in [-0.2, -0.15) is 13.2 Å². The van der Waals surface area contributed by atoms with E-state index < -0.39 is 11.6 Å². The van der Waals surface area contributed by atoms with Crippen molar-refractivity contribution in [1.29, 1.82) is 0 Å². The van der Waals surface area contributed by atoms with E-state index in [0.29, 0.717) is 29.1 Å². The lowest BCUT2D eigenvalue weighted by Crippen LogP contribution is -2.38. The summed E-state index contributed by atoms with van der Waals surface area (Å²) < 4.78 is 61.1. The van der Waals surface area contributed by atoms with Crippen LogP contribution in [-0.2, 0) is 26.8 Å². The van der Waals surface area contributed by atoms with Crippen LogP contribution in [0.3, 0.4) is 0 Å². The van der Waals surface area contributed by atoms with Crippen molar-refractivity contribution in [3.63, 3.8) is 0 Å². The first kappa shape index (κ1) is 32.4. The Labute approximate surface area is 274 Å². The van der Waals surface area contributed by atoms with Gasteiger partial charge >= 0.3 is 12.1 Å². The number of carbonyl (C=O) groups is 1. The predicted molar refractivity (Wildman–Crippen MR) is 179 cm³/mol. The molecule has 0 saturated heterocycles. The van der Waals surface area contributed by atoms with Crippen LogP contribution in [0.4, 0.5) is 13.2 Å². The molecule has 6 rings (SSSR count). The van der Waals surface area contributed by atoms with Gasteiger partial charge in [0.25, 0.3) is 0 Å². The number of hydrogen-bond donors (Lipinski definition) is 0. The molecule has 1 unspecified atom stereocenters. The second-order valence-electron chi connectivity index (χ2n) is 13.3. The second-order valence-corrected chi connectivity index (χ2v) is 13.3. The molecule has 0 fully saturated rings. The van der Waals surface area contributed by atoms with E-state index in [2.05, 4.69) is 50.8 Å². The maximum absolute atomic E-state index is 15.0. The lowest BCUT2D eigenvalue weighted by Gasteiger charge is -2.30. The highest BCUT2D eigenvalue weighted by atomic mass is 19.4. The highest BCUT2D eigenvalue weighted by Gasteiger charge is 2.58. The quantitative estimate of drug-likeness (QED) is 0.104. The number of alkyl halides is 3. The number of unbranched alkanes of at least 4 members (excludes halogenated alkanes) is 1. The molecule has 4 nitrogen and oxygen atoms in total. The van der Waals surface area contributed by atoms with Crippen LogP contribution in [0.15, 0.2) is 78.9 Å². The maximum atomic E-state index is 15.0. The van der Waals surface area contributed by atoms with E-state index in [0.717, 1.165) is 41.5 Å². The van der Waals surface area contributed by atoms with Crippen molar-refractivity contribution in [3.05, 3.63) is 107 Å². The molecule has 0 bridgehead atoms. The number of carbonyl (C=O) groups excluding carboxylic acids is 1. The van der Waals surface area contributed by atoms with Gasteiger partial charge in [0.05, 0.1) is 20.8 Å². The fourth-order valence-corrected chi connectivity index (χ4v) is 7.18.